The molecule has 0 amide bonds. The van der Waals surface area contributed by atoms with E-state index >= 15 is 0 Å². The normalized spacial score (nSPS) is 25.6. The molecule has 182 valence electrons. The van der Waals surface area contributed by atoms with Crippen molar-refractivity contribution in [3.63, 3.8) is 0 Å². The molecule has 3 fully saturated rings. The minimum absolute atomic E-state index is 0.105. The van der Waals surface area contributed by atoms with E-state index in [4.69, 9.17) is 9.73 Å². The fraction of sp³-hybridized carbons (Fsp3) is 0.692. The Morgan fingerprint density at radius 2 is 1.73 bits per heavy atom. The van der Waals surface area contributed by atoms with Gasteiger partial charge >= 0.3 is 5.97 Å². The number of phenolic OH excluding ortho intramolecular Hbond substituents is 1. The summed E-state index contributed by atoms with van der Waals surface area (Å²) in [6, 6.07) is 5.78. The van der Waals surface area contributed by atoms with Gasteiger partial charge in [-0.05, 0) is 49.8 Å². The van der Waals surface area contributed by atoms with Gasteiger partial charge in [0, 0.05) is 32.2 Å². The number of hydrogen-bond donors (Lipinski definition) is 2. The van der Waals surface area contributed by atoms with Gasteiger partial charge in [-0.1, -0.05) is 39.0 Å². The van der Waals surface area contributed by atoms with Gasteiger partial charge in [-0.2, -0.15) is 0 Å². The van der Waals surface area contributed by atoms with Crippen LogP contribution >= 0.6 is 0 Å². The van der Waals surface area contributed by atoms with Crippen molar-refractivity contribution >= 4 is 17.6 Å². The first-order valence-electron chi connectivity index (χ1n) is 12.8. The molecule has 0 aromatic heterocycles. The van der Waals surface area contributed by atoms with E-state index in [-0.39, 0.29) is 11.8 Å². The van der Waals surface area contributed by atoms with Crippen LogP contribution in [0.3, 0.4) is 0 Å². The van der Waals surface area contributed by atoms with Gasteiger partial charge in [0.2, 0.25) is 0 Å². The van der Waals surface area contributed by atoms with Gasteiger partial charge in [-0.3, -0.25) is 4.90 Å². The largest absolute Gasteiger partial charge is 0.506 e. The van der Waals surface area contributed by atoms with Gasteiger partial charge in [-0.25, -0.2) is 9.79 Å². The Kier molecular flexibility index (Phi) is 8.12. The molecule has 2 aliphatic carbocycles. The number of ether oxygens (including phenoxy) is 1. The fourth-order valence-electron chi connectivity index (χ4n) is 5.59. The number of carbonyl (C=O) groups is 1. The average molecular weight is 457 g/mol. The number of esters is 1. The molecule has 2 N–H and O–H groups in total. The van der Waals surface area contributed by atoms with Crippen LogP contribution in [-0.2, 0) is 4.74 Å². The van der Waals surface area contributed by atoms with Gasteiger partial charge in [0.15, 0.2) is 5.96 Å². The monoisotopic (exact) mass is 456 g/mol. The Morgan fingerprint density at radius 3 is 2.42 bits per heavy atom. The van der Waals surface area contributed by atoms with Gasteiger partial charge < -0.3 is 20.1 Å². The maximum Gasteiger partial charge on any atom is 0.337 e. The number of guanidine groups is 1. The lowest BCUT2D eigenvalue weighted by atomic mass is 9.86. The van der Waals surface area contributed by atoms with E-state index in [1.165, 1.54) is 64.5 Å². The number of phenols is 1. The summed E-state index contributed by atoms with van der Waals surface area (Å²) in [7, 11) is 1.37. The fourth-order valence-corrected chi connectivity index (χ4v) is 5.59. The first kappa shape index (κ1) is 23.9. The zero-order chi connectivity index (χ0) is 23.2. The summed E-state index contributed by atoms with van der Waals surface area (Å²) in [5.74, 6) is 1.05. The molecular weight excluding hydrogens is 416 g/mol. The Bertz CT molecular complexity index is 829. The van der Waals surface area contributed by atoms with Crippen molar-refractivity contribution in [2.24, 2.45) is 10.9 Å². The highest BCUT2D eigenvalue weighted by Gasteiger charge is 2.28. The summed E-state index contributed by atoms with van der Waals surface area (Å²) in [5, 5.41) is 13.9. The topological polar surface area (TPSA) is 77.4 Å². The second kappa shape index (κ2) is 11.2. The SMILES string of the molecule is COC(=O)c1ccc(O)c(NC(=NC2CCCCC2C)N2CCN(C3CCCCC3)CC2)c1. The van der Waals surface area contributed by atoms with Crippen LogP contribution in [0.5, 0.6) is 5.75 Å². The Hall–Kier alpha value is -2.28. The number of methoxy groups -OCH3 is 1. The summed E-state index contributed by atoms with van der Waals surface area (Å²) >= 11 is 0. The molecule has 1 saturated heterocycles. The van der Waals surface area contributed by atoms with E-state index in [0.717, 1.165) is 44.6 Å². The van der Waals surface area contributed by atoms with Crippen LogP contribution in [0.25, 0.3) is 0 Å². The van der Waals surface area contributed by atoms with Crippen molar-refractivity contribution in [1.82, 2.24) is 9.80 Å². The molecule has 1 aromatic carbocycles. The Labute approximate surface area is 198 Å². The summed E-state index contributed by atoms with van der Waals surface area (Å²) < 4.78 is 4.86. The molecule has 33 heavy (non-hydrogen) atoms. The number of carbonyl (C=O) groups excluding carboxylic acids is 1. The molecule has 7 nitrogen and oxygen atoms in total. The third kappa shape index (κ3) is 5.99. The molecule has 3 aliphatic rings. The standard InChI is InChI=1S/C26H40N4O3/c1-19-8-6-7-11-22(19)27-26(28-23-18-20(25(32)33-2)12-13-24(23)31)30-16-14-29(15-17-30)21-9-4-3-5-10-21/h12-13,18-19,21-22,31H,3-11,14-17H2,1-2H3,(H,27,28). The van der Waals surface area contributed by atoms with Crippen LogP contribution in [0.4, 0.5) is 5.69 Å². The van der Waals surface area contributed by atoms with E-state index in [2.05, 4.69) is 22.0 Å². The Morgan fingerprint density at radius 1 is 1.03 bits per heavy atom. The van der Waals surface area contributed by atoms with E-state index in [0.29, 0.717) is 17.2 Å². The summed E-state index contributed by atoms with van der Waals surface area (Å²) in [6.07, 6.45) is 11.5. The summed E-state index contributed by atoms with van der Waals surface area (Å²) in [6.45, 7) is 6.21. The zero-order valence-corrected chi connectivity index (χ0v) is 20.3. The van der Waals surface area contributed by atoms with E-state index < -0.39 is 5.97 Å². The van der Waals surface area contributed by atoms with Crippen molar-refractivity contribution in [2.75, 3.05) is 38.6 Å². The van der Waals surface area contributed by atoms with Crippen LogP contribution in [0, 0.1) is 5.92 Å². The Balaban J connectivity index is 1.52. The van der Waals surface area contributed by atoms with Gasteiger partial charge in [0.25, 0.3) is 0 Å². The zero-order valence-electron chi connectivity index (χ0n) is 20.3. The molecule has 1 aromatic rings. The lowest BCUT2D eigenvalue weighted by Gasteiger charge is -2.42. The third-order valence-corrected chi connectivity index (χ3v) is 7.72. The second-order valence-corrected chi connectivity index (χ2v) is 9.95. The van der Waals surface area contributed by atoms with Crippen molar-refractivity contribution in [1.29, 1.82) is 0 Å². The van der Waals surface area contributed by atoms with Gasteiger partial charge in [0.1, 0.15) is 5.75 Å². The molecule has 2 unspecified atom stereocenters. The predicted octanol–water partition coefficient (Wildman–Crippen LogP) is 4.48. The molecule has 1 aliphatic heterocycles. The second-order valence-electron chi connectivity index (χ2n) is 9.95. The molecule has 7 heteroatoms. The number of hydrogen-bond acceptors (Lipinski definition) is 5. The number of piperazine rings is 1. The van der Waals surface area contributed by atoms with Crippen molar-refractivity contribution in [3.8, 4) is 5.75 Å². The molecule has 4 rings (SSSR count). The van der Waals surface area contributed by atoms with Gasteiger partial charge in [0.05, 0.1) is 24.4 Å². The molecular formula is C26H40N4O3. The van der Waals surface area contributed by atoms with Crippen LogP contribution in [0.2, 0.25) is 0 Å². The number of nitrogens with zero attached hydrogens (tertiary/aromatic N) is 3. The highest BCUT2D eigenvalue weighted by atomic mass is 16.5. The molecule has 0 radical (unpaired) electrons. The molecule has 0 bridgehead atoms. The quantitative estimate of drug-likeness (QED) is 0.301. The lowest BCUT2D eigenvalue weighted by molar-refractivity contribution is 0.0601. The maximum absolute atomic E-state index is 12.0. The van der Waals surface area contributed by atoms with Crippen molar-refractivity contribution in [2.45, 2.75) is 76.8 Å². The number of rotatable bonds is 4. The van der Waals surface area contributed by atoms with Crippen LogP contribution < -0.4 is 5.32 Å². The molecule has 2 atom stereocenters. The van der Waals surface area contributed by atoms with Crippen LogP contribution in [0.15, 0.2) is 23.2 Å². The third-order valence-electron chi connectivity index (χ3n) is 7.72. The van der Waals surface area contributed by atoms with Crippen LogP contribution in [0.1, 0.15) is 75.1 Å². The highest BCUT2D eigenvalue weighted by molar-refractivity contribution is 5.97. The number of nitrogens with one attached hydrogen (secondary N) is 1. The lowest BCUT2D eigenvalue weighted by Crippen LogP contribution is -2.54. The van der Waals surface area contributed by atoms with E-state index in [1.54, 1.807) is 12.1 Å². The van der Waals surface area contributed by atoms with Crippen molar-refractivity contribution < 1.29 is 14.6 Å². The van der Waals surface area contributed by atoms with Crippen LogP contribution in [-0.4, -0.2) is 72.2 Å². The van der Waals surface area contributed by atoms with E-state index in [9.17, 15) is 9.90 Å². The minimum atomic E-state index is -0.418. The maximum atomic E-state index is 12.0. The number of aromatic hydroxyl groups is 1. The minimum Gasteiger partial charge on any atom is -0.506 e. The smallest absolute Gasteiger partial charge is 0.337 e. The first-order chi connectivity index (χ1) is 16.0. The van der Waals surface area contributed by atoms with E-state index in [1.807, 2.05) is 0 Å². The average Bonchev–Trinajstić information content (AvgIpc) is 2.86. The molecule has 0 spiro atoms. The first-order valence-corrected chi connectivity index (χ1v) is 12.8. The number of benzene rings is 1. The predicted molar refractivity (Wildman–Crippen MR) is 132 cm³/mol. The highest BCUT2D eigenvalue weighted by Crippen LogP contribution is 2.29. The number of aliphatic imine (C=N–C) groups is 1. The summed E-state index contributed by atoms with van der Waals surface area (Å²) in [4.78, 5) is 22.2. The molecule has 1 heterocycles. The van der Waals surface area contributed by atoms with Gasteiger partial charge in [-0.15, -0.1) is 0 Å². The summed E-state index contributed by atoms with van der Waals surface area (Å²) in [5.41, 5.74) is 0.903. The van der Waals surface area contributed by atoms with Crippen molar-refractivity contribution in [3.05, 3.63) is 23.8 Å². The molecule has 2 saturated carbocycles. The number of anilines is 1.